The van der Waals surface area contributed by atoms with Gasteiger partial charge in [0, 0.05) is 6.07 Å². The minimum atomic E-state index is -0.439. The highest BCUT2D eigenvalue weighted by atomic mass is 16.5. The van der Waals surface area contributed by atoms with Crippen LogP contribution in [0.15, 0.2) is 54.9 Å². The Balaban J connectivity index is 1.69. The first kappa shape index (κ1) is 15.7. The highest BCUT2D eigenvalue weighted by Gasteiger charge is 2.10. The largest absolute Gasteiger partial charge is 0.494 e. The van der Waals surface area contributed by atoms with Crippen LogP contribution in [0.4, 0.5) is 0 Å². The van der Waals surface area contributed by atoms with Crippen LogP contribution in [0.5, 0.6) is 11.5 Å². The predicted molar refractivity (Wildman–Crippen MR) is 86.3 cm³/mol. The average Bonchev–Trinajstić information content (AvgIpc) is 3.15. The van der Waals surface area contributed by atoms with E-state index in [1.54, 1.807) is 42.5 Å². The van der Waals surface area contributed by atoms with Crippen molar-refractivity contribution in [1.82, 2.24) is 20.2 Å². The van der Waals surface area contributed by atoms with Crippen molar-refractivity contribution >= 4 is 5.97 Å². The Morgan fingerprint density at radius 1 is 1.12 bits per heavy atom. The fourth-order valence-corrected chi connectivity index (χ4v) is 2.04. The maximum Gasteiger partial charge on any atom is 0.343 e. The van der Waals surface area contributed by atoms with Crippen molar-refractivity contribution in [2.45, 2.75) is 13.3 Å². The normalized spacial score (nSPS) is 10.4. The van der Waals surface area contributed by atoms with E-state index < -0.39 is 5.97 Å². The molecule has 7 heteroatoms. The van der Waals surface area contributed by atoms with E-state index in [-0.39, 0.29) is 0 Å². The van der Waals surface area contributed by atoms with E-state index in [9.17, 15) is 4.79 Å². The molecule has 3 rings (SSSR count). The van der Waals surface area contributed by atoms with E-state index in [1.165, 1.54) is 11.0 Å². The molecular weight excluding hydrogens is 308 g/mol. The molecule has 0 saturated heterocycles. The number of hydrogen-bond acceptors (Lipinski definition) is 6. The lowest BCUT2D eigenvalue weighted by molar-refractivity contribution is 0.0734. The summed E-state index contributed by atoms with van der Waals surface area (Å²) in [6.07, 6.45) is 2.40. The van der Waals surface area contributed by atoms with Gasteiger partial charge in [0.25, 0.3) is 0 Å². The summed E-state index contributed by atoms with van der Waals surface area (Å²) in [6, 6.07) is 13.8. The molecule has 1 aromatic heterocycles. The molecule has 1 heterocycles. The van der Waals surface area contributed by atoms with E-state index in [0.29, 0.717) is 23.6 Å². The Hall–Kier alpha value is -3.22. The molecule has 3 aromatic rings. The molecule has 24 heavy (non-hydrogen) atoms. The lowest BCUT2D eigenvalue weighted by Crippen LogP contribution is -2.09. The lowest BCUT2D eigenvalue weighted by Gasteiger charge is -2.07. The van der Waals surface area contributed by atoms with Gasteiger partial charge in [0.2, 0.25) is 0 Å². The van der Waals surface area contributed by atoms with Gasteiger partial charge in [-0.15, -0.1) is 5.10 Å². The van der Waals surface area contributed by atoms with E-state index in [2.05, 4.69) is 15.5 Å². The van der Waals surface area contributed by atoms with Gasteiger partial charge in [-0.05, 0) is 53.2 Å². The topological polar surface area (TPSA) is 79.1 Å². The van der Waals surface area contributed by atoms with Gasteiger partial charge in [0.1, 0.15) is 17.8 Å². The smallest absolute Gasteiger partial charge is 0.343 e. The number of carbonyl (C=O) groups excluding carboxylic acids is 1. The van der Waals surface area contributed by atoms with Crippen LogP contribution < -0.4 is 9.47 Å². The van der Waals surface area contributed by atoms with Crippen molar-refractivity contribution in [1.29, 1.82) is 0 Å². The molecule has 0 amide bonds. The zero-order valence-electron chi connectivity index (χ0n) is 13.1. The third-order valence-electron chi connectivity index (χ3n) is 3.20. The van der Waals surface area contributed by atoms with Crippen molar-refractivity contribution in [2.24, 2.45) is 0 Å². The number of hydrogen-bond donors (Lipinski definition) is 0. The molecule has 0 unspecified atom stereocenters. The van der Waals surface area contributed by atoms with Crippen LogP contribution in [0.3, 0.4) is 0 Å². The zero-order chi connectivity index (χ0) is 16.8. The standard InChI is InChI=1S/C17H16N4O3/c1-2-10-23-15-8-6-13(7-9-15)17(22)24-16-5-3-4-14(11-16)21-12-18-19-20-21/h3-9,11-12H,2,10H2,1H3. The maximum atomic E-state index is 12.2. The minimum Gasteiger partial charge on any atom is -0.494 e. The van der Waals surface area contributed by atoms with Crippen LogP contribution in [-0.4, -0.2) is 32.8 Å². The molecular formula is C17H16N4O3. The molecule has 0 atom stereocenters. The first-order valence-corrected chi connectivity index (χ1v) is 7.55. The third kappa shape index (κ3) is 3.75. The van der Waals surface area contributed by atoms with Crippen LogP contribution in [0.1, 0.15) is 23.7 Å². The SMILES string of the molecule is CCCOc1ccc(C(=O)Oc2cccc(-n3cnnn3)c2)cc1. The summed E-state index contributed by atoms with van der Waals surface area (Å²) in [5, 5.41) is 11.0. The summed E-state index contributed by atoms with van der Waals surface area (Å²) in [7, 11) is 0. The quantitative estimate of drug-likeness (QED) is 0.512. The molecule has 0 radical (unpaired) electrons. The second-order valence-electron chi connectivity index (χ2n) is 5.01. The van der Waals surface area contributed by atoms with Crippen molar-refractivity contribution in [3.8, 4) is 17.2 Å². The molecule has 0 bridgehead atoms. The van der Waals surface area contributed by atoms with Gasteiger partial charge in [-0.1, -0.05) is 13.0 Å². The Morgan fingerprint density at radius 2 is 1.96 bits per heavy atom. The summed E-state index contributed by atoms with van der Waals surface area (Å²) in [5.74, 6) is 0.708. The molecule has 2 aromatic carbocycles. The van der Waals surface area contributed by atoms with E-state index in [1.807, 2.05) is 13.0 Å². The van der Waals surface area contributed by atoms with Crippen molar-refractivity contribution in [3.05, 3.63) is 60.4 Å². The van der Waals surface area contributed by atoms with Gasteiger partial charge in [-0.2, -0.15) is 0 Å². The Kier molecular flexibility index (Phi) is 4.81. The maximum absolute atomic E-state index is 12.2. The van der Waals surface area contributed by atoms with Gasteiger partial charge < -0.3 is 9.47 Å². The number of aromatic nitrogens is 4. The van der Waals surface area contributed by atoms with Crippen molar-refractivity contribution in [2.75, 3.05) is 6.61 Å². The number of benzene rings is 2. The third-order valence-corrected chi connectivity index (χ3v) is 3.20. The molecule has 122 valence electrons. The van der Waals surface area contributed by atoms with Crippen LogP contribution >= 0.6 is 0 Å². The second kappa shape index (κ2) is 7.36. The number of rotatable bonds is 6. The Labute approximate surface area is 138 Å². The average molecular weight is 324 g/mol. The first-order chi connectivity index (χ1) is 11.8. The van der Waals surface area contributed by atoms with E-state index in [0.717, 1.165) is 12.2 Å². The number of nitrogens with zero attached hydrogens (tertiary/aromatic N) is 4. The first-order valence-electron chi connectivity index (χ1n) is 7.55. The van der Waals surface area contributed by atoms with Crippen LogP contribution in [-0.2, 0) is 0 Å². The number of esters is 1. The minimum absolute atomic E-state index is 0.416. The highest BCUT2D eigenvalue weighted by Crippen LogP contribution is 2.18. The van der Waals surface area contributed by atoms with Gasteiger partial charge in [-0.25, -0.2) is 9.48 Å². The molecule has 7 nitrogen and oxygen atoms in total. The van der Waals surface area contributed by atoms with Gasteiger partial charge in [0.15, 0.2) is 0 Å². The number of carbonyl (C=O) groups is 1. The summed E-state index contributed by atoms with van der Waals surface area (Å²) >= 11 is 0. The Bertz CT molecular complexity index is 801. The van der Waals surface area contributed by atoms with Gasteiger partial charge in [0.05, 0.1) is 17.9 Å². The van der Waals surface area contributed by atoms with Crippen molar-refractivity contribution in [3.63, 3.8) is 0 Å². The highest BCUT2D eigenvalue weighted by molar-refractivity contribution is 5.91. The van der Waals surface area contributed by atoms with Crippen LogP contribution in [0, 0.1) is 0 Å². The van der Waals surface area contributed by atoms with E-state index in [4.69, 9.17) is 9.47 Å². The summed E-state index contributed by atoms with van der Waals surface area (Å²) in [6.45, 7) is 2.68. The molecule has 0 aliphatic heterocycles. The van der Waals surface area contributed by atoms with Gasteiger partial charge in [-0.3, -0.25) is 0 Å². The lowest BCUT2D eigenvalue weighted by atomic mass is 10.2. The summed E-state index contributed by atoms with van der Waals surface area (Å²) in [5.41, 5.74) is 1.15. The molecule has 0 saturated carbocycles. The fraction of sp³-hybridized carbons (Fsp3) is 0.176. The fourth-order valence-electron chi connectivity index (χ4n) is 2.04. The Morgan fingerprint density at radius 3 is 2.67 bits per heavy atom. The summed E-state index contributed by atoms with van der Waals surface area (Å²) < 4.78 is 12.4. The van der Waals surface area contributed by atoms with E-state index >= 15 is 0 Å². The van der Waals surface area contributed by atoms with Crippen molar-refractivity contribution < 1.29 is 14.3 Å². The van der Waals surface area contributed by atoms with Gasteiger partial charge >= 0.3 is 5.97 Å². The second-order valence-corrected chi connectivity index (χ2v) is 5.01. The molecule has 0 N–H and O–H groups in total. The number of tetrazole rings is 1. The molecule has 0 fully saturated rings. The monoisotopic (exact) mass is 324 g/mol. The predicted octanol–water partition coefficient (Wildman–Crippen LogP) is 2.67. The zero-order valence-corrected chi connectivity index (χ0v) is 13.1. The van der Waals surface area contributed by atoms with Crippen LogP contribution in [0.25, 0.3) is 5.69 Å². The summed E-state index contributed by atoms with van der Waals surface area (Å²) in [4.78, 5) is 12.2. The number of ether oxygens (including phenoxy) is 2. The molecule has 0 spiro atoms. The van der Waals surface area contributed by atoms with Crippen LogP contribution in [0.2, 0.25) is 0 Å². The molecule has 0 aliphatic rings. The molecule has 0 aliphatic carbocycles.